The molecule has 0 amide bonds. The molecule has 0 fully saturated rings. The van der Waals surface area contributed by atoms with Crippen molar-refractivity contribution in [3.8, 4) is 5.75 Å². The minimum atomic E-state index is 0.387. The summed E-state index contributed by atoms with van der Waals surface area (Å²) in [6.45, 7) is 1.12. The fraction of sp³-hybridized carbons (Fsp3) is 0.200. The Balaban J connectivity index is 2.16. The van der Waals surface area contributed by atoms with Crippen LogP contribution in [-0.4, -0.2) is 7.05 Å². The fourth-order valence-corrected chi connectivity index (χ4v) is 2.60. The molecule has 0 aromatic heterocycles. The Hall–Kier alpha value is -0.740. The van der Waals surface area contributed by atoms with Crippen molar-refractivity contribution < 1.29 is 4.74 Å². The number of rotatable bonds is 5. The van der Waals surface area contributed by atoms with Gasteiger partial charge >= 0.3 is 0 Å². The van der Waals surface area contributed by atoms with E-state index in [1.165, 1.54) is 0 Å². The van der Waals surface area contributed by atoms with Crippen LogP contribution in [0.15, 0.2) is 40.9 Å². The first-order valence-electron chi connectivity index (χ1n) is 6.10. The van der Waals surface area contributed by atoms with Crippen LogP contribution in [0.4, 0.5) is 0 Å². The molecule has 20 heavy (non-hydrogen) atoms. The average Bonchev–Trinajstić information content (AvgIpc) is 2.42. The molecule has 0 aliphatic carbocycles. The molecule has 0 radical (unpaired) electrons. The summed E-state index contributed by atoms with van der Waals surface area (Å²) in [4.78, 5) is 0. The molecule has 0 aliphatic heterocycles. The summed E-state index contributed by atoms with van der Waals surface area (Å²) in [5.41, 5.74) is 1.96. The third-order valence-corrected chi connectivity index (χ3v) is 3.88. The van der Waals surface area contributed by atoms with E-state index in [9.17, 15) is 0 Å². The van der Waals surface area contributed by atoms with Gasteiger partial charge in [-0.05, 0) is 43.4 Å². The minimum absolute atomic E-state index is 0.387. The molecule has 1 N–H and O–H groups in total. The predicted molar refractivity (Wildman–Crippen MR) is 87.7 cm³/mol. The van der Waals surface area contributed by atoms with E-state index in [1.807, 2.05) is 31.3 Å². The topological polar surface area (TPSA) is 21.3 Å². The summed E-state index contributed by atoms with van der Waals surface area (Å²) in [5.74, 6) is 0.832. The Morgan fingerprint density at radius 2 is 1.90 bits per heavy atom. The smallest absolute Gasteiger partial charge is 0.124 e. The second-order valence-corrected chi connectivity index (χ2v) is 6.07. The molecule has 0 saturated heterocycles. The lowest BCUT2D eigenvalue weighted by molar-refractivity contribution is 0.302. The number of halogens is 3. The molecule has 2 aromatic carbocycles. The van der Waals surface area contributed by atoms with E-state index >= 15 is 0 Å². The number of hydrogen-bond donors (Lipinski definition) is 1. The Kier molecular flexibility index (Phi) is 5.73. The largest absolute Gasteiger partial charge is 0.489 e. The van der Waals surface area contributed by atoms with Gasteiger partial charge in [0.25, 0.3) is 0 Å². The summed E-state index contributed by atoms with van der Waals surface area (Å²) >= 11 is 15.6. The maximum Gasteiger partial charge on any atom is 0.124 e. The zero-order valence-electron chi connectivity index (χ0n) is 10.9. The average molecular weight is 375 g/mol. The Morgan fingerprint density at radius 3 is 2.65 bits per heavy atom. The molecular weight excluding hydrogens is 361 g/mol. The molecule has 0 heterocycles. The summed E-state index contributed by atoms with van der Waals surface area (Å²) < 4.78 is 6.89. The Labute approximate surface area is 137 Å². The van der Waals surface area contributed by atoms with E-state index in [4.69, 9.17) is 27.9 Å². The van der Waals surface area contributed by atoms with Crippen molar-refractivity contribution in [1.29, 1.82) is 0 Å². The first-order chi connectivity index (χ1) is 9.60. The summed E-state index contributed by atoms with van der Waals surface area (Å²) in [5, 5.41) is 4.43. The van der Waals surface area contributed by atoms with Crippen molar-refractivity contribution in [3.05, 3.63) is 62.0 Å². The van der Waals surface area contributed by atoms with E-state index in [0.29, 0.717) is 16.7 Å². The van der Waals surface area contributed by atoms with E-state index in [2.05, 4.69) is 21.2 Å². The number of nitrogens with one attached hydrogen (secondary N) is 1. The molecule has 0 bridgehead atoms. The van der Waals surface area contributed by atoms with Crippen LogP contribution in [0.3, 0.4) is 0 Å². The lowest BCUT2D eigenvalue weighted by Crippen LogP contribution is -2.07. The van der Waals surface area contributed by atoms with Crippen LogP contribution >= 0.6 is 39.1 Å². The normalized spacial score (nSPS) is 10.6. The van der Waals surface area contributed by atoms with E-state index < -0.39 is 0 Å². The zero-order valence-corrected chi connectivity index (χ0v) is 14.0. The first-order valence-corrected chi connectivity index (χ1v) is 7.65. The van der Waals surface area contributed by atoms with E-state index in [-0.39, 0.29) is 0 Å². The number of benzene rings is 2. The molecule has 5 heteroatoms. The molecule has 106 valence electrons. The highest BCUT2D eigenvalue weighted by Crippen LogP contribution is 2.26. The van der Waals surface area contributed by atoms with Gasteiger partial charge in [0, 0.05) is 32.2 Å². The molecule has 0 aliphatic rings. The van der Waals surface area contributed by atoms with E-state index in [1.54, 1.807) is 12.1 Å². The minimum Gasteiger partial charge on any atom is -0.489 e. The SMILES string of the molecule is CNCc1cc(Br)ccc1OCc1cc(Cl)ccc1Cl. The Morgan fingerprint density at radius 1 is 1.10 bits per heavy atom. The molecule has 2 rings (SSSR count). The van der Waals surface area contributed by atoms with Gasteiger partial charge in [-0.1, -0.05) is 39.1 Å². The third kappa shape index (κ3) is 4.13. The molecule has 2 aromatic rings. The van der Waals surface area contributed by atoms with Gasteiger partial charge in [0.2, 0.25) is 0 Å². The van der Waals surface area contributed by atoms with Crippen molar-refractivity contribution in [2.75, 3.05) is 7.05 Å². The van der Waals surface area contributed by atoms with Gasteiger partial charge < -0.3 is 10.1 Å². The summed E-state index contributed by atoms with van der Waals surface area (Å²) in [7, 11) is 1.90. The zero-order chi connectivity index (χ0) is 14.5. The molecule has 0 saturated carbocycles. The van der Waals surface area contributed by atoms with Crippen molar-refractivity contribution in [2.45, 2.75) is 13.2 Å². The molecule has 0 unspecified atom stereocenters. The van der Waals surface area contributed by atoms with Gasteiger partial charge in [0.05, 0.1) is 0 Å². The highest BCUT2D eigenvalue weighted by atomic mass is 79.9. The lowest BCUT2D eigenvalue weighted by Gasteiger charge is -2.13. The van der Waals surface area contributed by atoms with Crippen LogP contribution < -0.4 is 10.1 Å². The Bertz CT molecular complexity index is 604. The maximum absolute atomic E-state index is 6.13. The van der Waals surface area contributed by atoms with Gasteiger partial charge in [-0.2, -0.15) is 0 Å². The first kappa shape index (κ1) is 15.6. The second kappa shape index (κ2) is 7.32. The quantitative estimate of drug-likeness (QED) is 0.790. The fourth-order valence-electron chi connectivity index (χ4n) is 1.83. The highest BCUT2D eigenvalue weighted by Gasteiger charge is 2.07. The van der Waals surface area contributed by atoms with Crippen molar-refractivity contribution in [1.82, 2.24) is 5.32 Å². The van der Waals surface area contributed by atoms with Crippen molar-refractivity contribution >= 4 is 39.1 Å². The second-order valence-electron chi connectivity index (χ2n) is 4.31. The summed E-state index contributed by atoms with van der Waals surface area (Å²) in [6, 6.07) is 11.3. The van der Waals surface area contributed by atoms with Gasteiger partial charge in [-0.25, -0.2) is 0 Å². The molecule has 2 nitrogen and oxygen atoms in total. The molecule has 0 atom stereocenters. The van der Waals surface area contributed by atoms with Crippen molar-refractivity contribution in [3.63, 3.8) is 0 Å². The number of hydrogen-bond acceptors (Lipinski definition) is 2. The van der Waals surface area contributed by atoms with E-state index in [0.717, 1.165) is 27.9 Å². The van der Waals surface area contributed by atoms with Crippen LogP contribution in [0.25, 0.3) is 0 Å². The van der Waals surface area contributed by atoms with Crippen LogP contribution in [0, 0.1) is 0 Å². The monoisotopic (exact) mass is 373 g/mol. The third-order valence-electron chi connectivity index (χ3n) is 2.78. The maximum atomic E-state index is 6.13. The highest BCUT2D eigenvalue weighted by molar-refractivity contribution is 9.10. The van der Waals surface area contributed by atoms with Gasteiger partial charge in [-0.15, -0.1) is 0 Å². The predicted octanol–water partition coefficient (Wildman–Crippen LogP) is 5.05. The standard InChI is InChI=1S/C15H14BrCl2NO/c1-19-8-10-6-12(16)2-5-15(10)20-9-11-7-13(17)3-4-14(11)18/h2-7,19H,8-9H2,1H3. The van der Waals surface area contributed by atoms with Crippen LogP contribution in [-0.2, 0) is 13.2 Å². The molecular formula is C15H14BrCl2NO. The van der Waals surface area contributed by atoms with Crippen molar-refractivity contribution in [2.24, 2.45) is 0 Å². The van der Waals surface area contributed by atoms with Gasteiger partial charge in [0.15, 0.2) is 0 Å². The van der Waals surface area contributed by atoms with Crippen LogP contribution in [0.2, 0.25) is 10.0 Å². The van der Waals surface area contributed by atoms with Gasteiger partial charge in [0.1, 0.15) is 12.4 Å². The summed E-state index contributed by atoms with van der Waals surface area (Å²) in [6.07, 6.45) is 0. The van der Waals surface area contributed by atoms with Crippen LogP contribution in [0.1, 0.15) is 11.1 Å². The van der Waals surface area contributed by atoms with Crippen LogP contribution in [0.5, 0.6) is 5.75 Å². The van der Waals surface area contributed by atoms with Gasteiger partial charge in [-0.3, -0.25) is 0 Å². The molecule has 0 spiro atoms. The lowest BCUT2D eigenvalue weighted by atomic mass is 10.2. The number of ether oxygens (including phenoxy) is 1.